The summed E-state index contributed by atoms with van der Waals surface area (Å²) in [4.78, 5) is 7.72. The molecule has 1 aromatic heterocycles. The van der Waals surface area contributed by atoms with Crippen molar-refractivity contribution in [3.05, 3.63) is 47.8 Å². The average Bonchev–Trinajstić information content (AvgIpc) is 2.61. The Hall–Kier alpha value is -2.13. The molecular weight excluding hydrogens is 364 g/mol. The zero-order valence-electron chi connectivity index (χ0n) is 14.2. The topological polar surface area (TPSA) is 72.4 Å². The van der Waals surface area contributed by atoms with Crippen LogP contribution in [-0.4, -0.2) is 42.4 Å². The fourth-order valence-electron chi connectivity index (χ4n) is 2.86. The van der Waals surface area contributed by atoms with Gasteiger partial charge in [-0.25, -0.2) is 27.2 Å². The molecule has 1 aliphatic rings. The van der Waals surface area contributed by atoms with Crippen LogP contribution in [0.2, 0.25) is 0 Å². The van der Waals surface area contributed by atoms with E-state index in [9.17, 15) is 17.2 Å². The van der Waals surface area contributed by atoms with E-state index in [1.807, 2.05) is 6.92 Å². The molecule has 1 unspecified atom stereocenters. The van der Waals surface area contributed by atoms with Crippen molar-refractivity contribution in [3.8, 4) is 6.01 Å². The van der Waals surface area contributed by atoms with Gasteiger partial charge in [0.05, 0.1) is 11.5 Å². The van der Waals surface area contributed by atoms with Gasteiger partial charge in [0.1, 0.15) is 11.6 Å². The first kappa shape index (κ1) is 18.7. The third-order valence-corrected chi connectivity index (χ3v) is 6.00. The van der Waals surface area contributed by atoms with Crippen molar-refractivity contribution in [2.75, 3.05) is 19.7 Å². The zero-order chi connectivity index (χ0) is 18.7. The Morgan fingerprint density at radius 2 is 1.85 bits per heavy atom. The van der Waals surface area contributed by atoms with Crippen LogP contribution >= 0.6 is 0 Å². The predicted octanol–water partition coefficient (Wildman–Crippen LogP) is 2.54. The Bertz CT molecular complexity index is 855. The minimum atomic E-state index is -3.96. The molecule has 140 valence electrons. The Kier molecular flexibility index (Phi) is 5.47. The lowest BCUT2D eigenvalue weighted by molar-refractivity contribution is 0.171. The number of aryl methyl sites for hydroxylation is 1. The van der Waals surface area contributed by atoms with Gasteiger partial charge in [-0.1, -0.05) is 0 Å². The van der Waals surface area contributed by atoms with Gasteiger partial charge in [0.15, 0.2) is 0 Å². The number of nitrogens with zero attached hydrogens (tertiary/aromatic N) is 3. The molecule has 0 bridgehead atoms. The van der Waals surface area contributed by atoms with Crippen molar-refractivity contribution in [2.45, 2.75) is 24.7 Å². The summed E-state index contributed by atoms with van der Waals surface area (Å²) in [5.74, 6) is -1.89. The quantitative estimate of drug-likeness (QED) is 0.793. The van der Waals surface area contributed by atoms with Crippen molar-refractivity contribution >= 4 is 10.0 Å². The molecule has 26 heavy (non-hydrogen) atoms. The highest BCUT2D eigenvalue weighted by atomic mass is 32.2. The Balaban J connectivity index is 1.68. The van der Waals surface area contributed by atoms with Gasteiger partial charge in [-0.2, -0.15) is 4.31 Å². The number of hydrogen-bond donors (Lipinski definition) is 0. The van der Waals surface area contributed by atoms with Crippen LogP contribution < -0.4 is 4.74 Å². The molecule has 9 heteroatoms. The molecule has 3 rings (SSSR count). The standard InChI is InChI=1S/C17H19F2N3O3S/c1-12-8-20-17(21-9-12)25-11-13-3-2-4-22(10-13)26(23,24)16-6-14(18)5-15(19)7-16/h5-9,13H,2-4,10-11H2,1H3. The predicted molar refractivity (Wildman–Crippen MR) is 90.1 cm³/mol. The number of sulfonamides is 1. The van der Waals surface area contributed by atoms with Crippen molar-refractivity contribution < 1.29 is 21.9 Å². The van der Waals surface area contributed by atoms with E-state index in [-0.39, 0.29) is 30.0 Å². The maximum absolute atomic E-state index is 13.4. The lowest BCUT2D eigenvalue weighted by Crippen LogP contribution is -2.41. The van der Waals surface area contributed by atoms with Crippen molar-refractivity contribution in [1.29, 1.82) is 0 Å². The number of aromatic nitrogens is 2. The normalized spacial score (nSPS) is 18.7. The molecule has 1 fully saturated rings. The number of rotatable bonds is 5. The van der Waals surface area contributed by atoms with E-state index >= 15 is 0 Å². The van der Waals surface area contributed by atoms with E-state index < -0.39 is 21.7 Å². The van der Waals surface area contributed by atoms with Gasteiger partial charge >= 0.3 is 6.01 Å². The third kappa shape index (κ3) is 4.34. The molecule has 1 aliphatic heterocycles. The van der Waals surface area contributed by atoms with Gasteiger partial charge in [-0.05, 0) is 37.5 Å². The lowest BCUT2D eigenvalue weighted by atomic mass is 10.0. The summed E-state index contributed by atoms with van der Waals surface area (Å²) in [6, 6.07) is 2.55. The number of hydrogen-bond acceptors (Lipinski definition) is 5. The minimum Gasteiger partial charge on any atom is -0.463 e. The van der Waals surface area contributed by atoms with Gasteiger partial charge in [0, 0.05) is 37.5 Å². The van der Waals surface area contributed by atoms with E-state index in [0.29, 0.717) is 19.0 Å². The van der Waals surface area contributed by atoms with E-state index in [1.165, 1.54) is 4.31 Å². The first-order valence-electron chi connectivity index (χ1n) is 8.22. The van der Waals surface area contributed by atoms with Crippen molar-refractivity contribution in [3.63, 3.8) is 0 Å². The van der Waals surface area contributed by atoms with E-state index in [0.717, 1.165) is 24.1 Å². The van der Waals surface area contributed by atoms with Crippen LogP contribution in [0.1, 0.15) is 18.4 Å². The maximum atomic E-state index is 13.4. The van der Waals surface area contributed by atoms with Crippen molar-refractivity contribution in [2.24, 2.45) is 5.92 Å². The monoisotopic (exact) mass is 383 g/mol. The maximum Gasteiger partial charge on any atom is 0.316 e. The van der Waals surface area contributed by atoms with Crippen LogP contribution in [0, 0.1) is 24.5 Å². The smallest absolute Gasteiger partial charge is 0.316 e. The summed E-state index contributed by atoms with van der Waals surface area (Å²) in [6.45, 7) is 2.65. The molecule has 0 amide bonds. The van der Waals surface area contributed by atoms with E-state index in [1.54, 1.807) is 12.4 Å². The van der Waals surface area contributed by atoms with Gasteiger partial charge in [0.2, 0.25) is 10.0 Å². The summed E-state index contributed by atoms with van der Waals surface area (Å²) < 4.78 is 58.9. The van der Waals surface area contributed by atoms with Gasteiger partial charge in [0.25, 0.3) is 0 Å². The number of halogens is 2. The SMILES string of the molecule is Cc1cnc(OCC2CCCN(S(=O)(=O)c3cc(F)cc(F)c3)C2)nc1. The summed E-state index contributed by atoms with van der Waals surface area (Å²) in [7, 11) is -3.96. The molecule has 0 N–H and O–H groups in total. The van der Waals surface area contributed by atoms with Crippen LogP contribution in [0.4, 0.5) is 8.78 Å². The fraction of sp³-hybridized carbons (Fsp3) is 0.412. The van der Waals surface area contributed by atoms with E-state index in [4.69, 9.17) is 4.74 Å². The average molecular weight is 383 g/mol. The van der Waals surface area contributed by atoms with Crippen LogP contribution in [0.25, 0.3) is 0 Å². The molecule has 0 saturated carbocycles. The first-order valence-corrected chi connectivity index (χ1v) is 9.66. The van der Waals surface area contributed by atoms with Crippen LogP contribution in [0.3, 0.4) is 0 Å². The Labute approximate surface area is 150 Å². The number of ether oxygens (including phenoxy) is 1. The van der Waals surface area contributed by atoms with Crippen LogP contribution in [0.5, 0.6) is 6.01 Å². The molecule has 6 nitrogen and oxygen atoms in total. The van der Waals surface area contributed by atoms with E-state index in [2.05, 4.69) is 9.97 Å². The first-order chi connectivity index (χ1) is 12.3. The molecule has 2 heterocycles. The molecule has 1 atom stereocenters. The van der Waals surface area contributed by atoms with Crippen LogP contribution in [-0.2, 0) is 10.0 Å². The largest absolute Gasteiger partial charge is 0.463 e. The molecular formula is C17H19F2N3O3S. The molecule has 2 aromatic rings. The fourth-order valence-corrected chi connectivity index (χ4v) is 4.45. The second-order valence-electron chi connectivity index (χ2n) is 6.33. The summed E-state index contributed by atoms with van der Waals surface area (Å²) in [5.41, 5.74) is 0.912. The second kappa shape index (κ2) is 7.63. The minimum absolute atomic E-state index is 0.0539. The Morgan fingerprint density at radius 3 is 2.50 bits per heavy atom. The summed E-state index contributed by atoms with van der Waals surface area (Å²) in [5, 5.41) is 0. The highest BCUT2D eigenvalue weighted by Gasteiger charge is 2.31. The number of benzene rings is 1. The second-order valence-corrected chi connectivity index (χ2v) is 8.27. The Morgan fingerprint density at radius 1 is 1.19 bits per heavy atom. The van der Waals surface area contributed by atoms with Gasteiger partial charge < -0.3 is 4.74 Å². The molecule has 0 spiro atoms. The third-order valence-electron chi connectivity index (χ3n) is 4.16. The van der Waals surface area contributed by atoms with Crippen molar-refractivity contribution in [1.82, 2.24) is 14.3 Å². The van der Waals surface area contributed by atoms with Gasteiger partial charge in [-0.15, -0.1) is 0 Å². The molecule has 1 aromatic carbocycles. The summed E-state index contributed by atoms with van der Waals surface area (Å²) >= 11 is 0. The summed E-state index contributed by atoms with van der Waals surface area (Å²) in [6.07, 6.45) is 4.70. The lowest BCUT2D eigenvalue weighted by Gasteiger charge is -2.31. The van der Waals surface area contributed by atoms with Gasteiger partial charge in [-0.3, -0.25) is 0 Å². The number of piperidine rings is 1. The van der Waals surface area contributed by atoms with Crippen LogP contribution in [0.15, 0.2) is 35.5 Å². The highest BCUT2D eigenvalue weighted by molar-refractivity contribution is 7.89. The molecule has 0 radical (unpaired) electrons. The highest BCUT2D eigenvalue weighted by Crippen LogP contribution is 2.25. The molecule has 1 saturated heterocycles. The molecule has 0 aliphatic carbocycles. The zero-order valence-corrected chi connectivity index (χ0v) is 15.0.